The first-order valence-corrected chi connectivity index (χ1v) is 7.43. The molecule has 1 N–H and O–H groups in total. The predicted molar refractivity (Wildman–Crippen MR) is 85.3 cm³/mol. The maximum absolute atomic E-state index is 9.44. The van der Waals surface area contributed by atoms with Gasteiger partial charge in [-0.2, -0.15) is 0 Å². The minimum absolute atomic E-state index is 0.156. The summed E-state index contributed by atoms with van der Waals surface area (Å²) in [6.07, 6.45) is 3.41. The molecule has 0 fully saturated rings. The number of ether oxygens (including phenoxy) is 1. The average Bonchev–Trinajstić information content (AvgIpc) is 3.03. The van der Waals surface area contributed by atoms with E-state index in [2.05, 4.69) is 15.2 Å². The molecular formula is C17H18N4O2. The van der Waals surface area contributed by atoms with Gasteiger partial charge in [-0.1, -0.05) is 30.3 Å². The van der Waals surface area contributed by atoms with Gasteiger partial charge in [-0.05, 0) is 17.7 Å². The number of nitrogens with zero attached hydrogens (tertiary/aromatic N) is 4. The van der Waals surface area contributed by atoms with Crippen LogP contribution in [0.5, 0.6) is 0 Å². The lowest BCUT2D eigenvalue weighted by atomic mass is 10.2. The number of aliphatic hydroxyl groups excluding tert-OH is 1. The number of benzene rings is 1. The van der Waals surface area contributed by atoms with Crippen LogP contribution in [0.1, 0.15) is 11.4 Å². The zero-order valence-electron chi connectivity index (χ0n) is 12.7. The van der Waals surface area contributed by atoms with Crippen molar-refractivity contribution in [3.8, 4) is 11.4 Å². The maximum atomic E-state index is 9.44. The van der Waals surface area contributed by atoms with Crippen molar-refractivity contribution in [3.63, 3.8) is 0 Å². The number of rotatable bonds is 7. The largest absolute Gasteiger partial charge is 0.388 e. The van der Waals surface area contributed by atoms with Gasteiger partial charge in [0.1, 0.15) is 6.61 Å². The van der Waals surface area contributed by atoms with Crippen LogP contribution in [0.25, 0.3) is 11.4 Å². The first kappa shape index (κ1) is 15.3. The molecule has 2 aromatic heterocycles. The van der Waals surface area contributed by atoms with Crippen molar-refractivity contribution < 1.29 is 9.84 Å². The van der Waals surface area contributed by atoms with Crippen molar-refractivity contribution in [3.05, 3.63) is 66.2 Å². The third-order valence-corrected chi connectivity index (χ3v) is 3.48. The highest BCUT2D eigenvalue weighted by Gasteiger charge is 2.12. The van der Waals surface area contributed by atoms with E-state index in [1.165, 1.54) is 0 Å². The van der Waals surface area contributed by atoms with Gasteiger partial charge in [-0.3, -0.25) is 4.98 Å². The van der Waals surface area contributed by atoms with Gasteiger partial charge in [-0.15, -0.1) is 10.2 Å². The van der Waals surface area contributed by atoms with Crippen molar-refractivity contribution in [1.29, 1.82) is 0 Å². The normalized spacial score (nSPS) is 10.8. The van der Waals surface area contributed by atoms with Crippen LogP contribution in [-0.2, 0) is 24.5 Å². The summed E-state index contributed by atoms with van der Waals surface area (Å²) in [5.74, 6) is 1.24. The van der Waals surface area contributed by atoms with E-state index in [1.54, 1.807) is 12.4 Å². The molecule has 118 valence electrons. The Morgan fingerprint density at radius 1 is 1.00 bits per heavy atom. The number of pyridine rings is 1. The lowest BCUT2D eigenvalue weighted by molar-refractivity contribution is 0.112. The molecular weight excluding hydrogens is 292 g/mol. The highest BCUT2D eigenvalue weighted by atomic mass is 16.5. The Hall–Kier alpha value is -2.57. The summed E-state index contributed by atoms with van der Waals surface area (Å²) in [4.78, 5) is 4.00. The third-order valence-electron chi connectivity index (χ3n) is 3.48. The van der Waals surface area contributed by atoms with Crippen LogP contribution in [-0.4, -0.2) is 31.5 Å². The van der Waals surface area contributed by atoms with Crippen LogP contribution in [0.15, 0.2) is 54.9 Å². The summed E-state index contributed by atoms with van der Waals surface area (Å²) >= 11 is 0. The smallest absolute Gasteiger partial charge is 0.164 e. The lowest BCUT2D eigenvalue weighted by Crippen LogP contribution is -2.11. The molecule has 23 heavy (non-hydrogen) atoms. The molecule has 0 aliphatic carbocycles. The Kier molecular flexibility index (Phi) is 5.08. The fraction of sp³-hybridized carbons (Fsp3) is 0.235. The second-order valence-corrected chi connectivity index (χ2v) is 5.02. The molecule has 0 saturated heterocycles. The highest BCUT2D eigenvalue weighted by Crippen LogP contribution is 2.17. The van der Waals surface area contributed by atoms with Crippen LogP contribution < -0.4 is 0 Å². The second-order valence-electron chi connectivity index (χ2n) is 5.02. The summed E-state index contributed by atoms with van der Waals surface area (Å²) in [5, 5.41) is 17.6. The fourth-order valence-corrected chi connectivity index (χ4v) is 2.32. The van der Waals surface area contributed by atoms with Gasteiger partial charge in [0.15, 0.2) is 11.6 Å². The summed E-state index contributed by atoms with van der Waals surface area (Å²) < 4.78 is 7.59. The van der Waals surface area contributed by atoms with E-state index in [0.29, 0.717) is 31.4 Å². The van der Waals surface area contributed by atoms with E-state index >= 15 is 0 Å². The molecule has 0 amide bonds. The molecule has 0 aliphatic rings. The molecule has 0 atom stereocenters. The monoisotopic (exact) mass is 310 g/mol. The van der Waals surface area contributed by atoms with Gasteiger partial charge in [0.25, 0.3) is 0 Å². The molecule has 0 radical (unpaired) electrons. The van der Waals surface area contributed by atoms with E-state index in [1.807, 2.05) is 47.0 Å². The van der Waals surface area contributed by atoms with Gasteiger partial charge >= 0.3 is 0 Å². The second kappa shape index (κ2) is 7.62. The van der Waals surface area contributed by atoms with E-state index in [4.69, 9.17) is 4.74 Å². The molecule has 6 nitrogen and oxygen atoms in total. The molecule has 0 spiro atoms. The minimum atomic E-state index is -0.156. The van der Waals surface area contributed by atoms with Crippen LogP contribution in [0.3, 0.4) is 0 Å². The average molecular weight is 310 g/mol. The number of aromatic nitrogens is 4. The Morgan fingerprint density at radius 2 is 1.78 bits per heavy atom. The zero-order chi connectivity index (χ0) is 15.9. The van der Waals surface area contributed by atoms with Crippen LogP contribution in [0.4, 0.5) is 0 Å². The van der Waals surface area contributed by atoms with Gasteiger partial charge in [0.05, 0.1) is 13.2 Å². The Morgan fingerprint density at radius 3 is 2.52 bits per heavy atom. The molecule has 0 unspecified atom stereocenters. The first-order valence-electron chi connectivity index (χ1n) is 7.43. The van der Waals surface area contributed by atoms with E-state index in [9.17, 15) is 5.11 Å². The summed E-state index contributed by atoms with van der Waals surface area (Å²) in [5.41, 5.74) is 2.04. The molecule has 6 heteroatoms. The quantitative estimate of drug-likeness (QED) is 0.676. The van der Waals surface area contributed by atoms with E-state index < -0.39 is 0 Å². The number of hydrogen-bond acceptors (Lipinski definition) is 5. The summed E-state index contributed by atoms with van der Waals surface area (Å²) in [6, 6.07) is 13.8. The molecule has 3 rings (SSSR count). The third kappa shape index (κ3) is 3.80. The molecule has 0 aliphatic heterocycles. The Bertz CT molecular complexity index is 729. The standard InChI is InChI=1S/C17H18N4O2/c22-12-16-19-20-17(15-6-8-18-9-7-15)21(16)10-11-23-13-14-4-2-1-3-5-14/h1-9,22H,10-13H2. The highest BCUT2D eigenvalue weighted by molar-refractivity contribution is 5.54. The molecule has 3 aromatic rings. The van der Waals surface area contributed by atoms with Crippen molar-refractivity contribution >= 4 is 0 Å². The van der Waals surface area contributed by atoms with E-state index in [-0.39, 0.29) is 6.61 Å². The SMILES string of the molecule is OCc1nnc(-c2ccncc2)n1CCOCc1ccccc1. The van der Waals surface area contributed by atoms with Crippen molar-refractivity contribution in [2.24, 2.45) is 0 Å². The van der Waals surface area contributed by atoms with Crippen LogP contribution >= 0.6 is 0 Å². The van der Waals surface area contributed by atoms with Gasteiger partial charge in [-0.25, -0.2) is 0 Å². The van der Waals surface area contributed by atoms with Crippen LogP contribution in [0, 0.1) is 0 Å². The predicted octanol–water partition coefficient (Wildman–Crippen LogP) is 2.05. The minimum Gasteiger partial charge on any atom is -0.388 e. The molecule has 0 saturated carbocycles. The van der Waals surface area contributed by atoms with Crippen molar-refractivity contribution in [2.45, 2.75) is 19.8 Å². The van der Waals surface area contributed by atoms with Gasteiger partial charge in [0, 0.05) is 24.5 Å². The number of aliphatic hydroxyl groups is 1. The first-order chi connectivity index (χ1) is 11.4. The Balaban J connectivity index is 1.66. The van der Waals surface area contributed by atoms with Crippen molar-refractivity contribution in [1.82, 2.24) is 19.7 Å². The number of hydrogen-bond donors (Lipinski definition) is 1. The van der Waals surface area contributed by atoms with Gasteiger partial charge in [0.2, 0.25) is 0 Å². The zero-order valence-corrected chi connectivity index (χ0v) is 12.7. The molecule has 1 aromatic carbocycles. The maximum Gasteiger partial charge on any atom is 0.164 e. The fourth-order valence-electron chi connectivity index (χ4n) is 2.32. The van der Waals surface area contributed by atoms with Crippen molar-refractivity contribution in [2.75, 3.05) is 6.61 Å². The van der Waals surface area contributed by atoms with E-state index in [0.717, 1.165) is 11.1 Å². The summed E-state index contributed by atoms with van der Waals surface area (Å²) in [7, 11) is 0. The van der Waals surface area contributed by atoms with Gasteiger partial charge < -0.3 is 14.4 Å². The lowest BCUT2D eigenvalue weighted by Gasteiger charge is -2.10. The Labute approximate surface area is 134 Å². The topological polar surface area (TPSA) is 73.1 Å². The molecule has 2 heterocycles. The van der Waals surface area contributed by atoms with Crippen LogP contribution in [0.2, 0.25) is 0 Å². The summed E-state index contributed by atoms with van der Waals surface area (Å²) in [6.45, 7) is 1.49. The molecule has 0 bridgehead atoms.